The van der Waals surface area contributed by atoms with Gasteiger partial charge >= 0.3 is 0 Å². The molecule has 0 N–H and O–H groups in total. The molecule has 6 nitrogen and oxygen atoms in total. The van der Waals surface area contributed by atoms with E-state index in [9.17, 15) is 13.2 Å². The van der Waals surface area contributed by atoms with Crippen molar-refractivity contribution in [2.24, 2.45) is 0 Å². The fourth-order valence-corrected chi connectivity index (χ4v) is 5.81. The van der Waals surface area contributed by atoms with E-state index in [0.717, 1.165) is 5.56 Å². The summed E-state index contributed by atoms with van der Waals surface area (Å²) in [4.78, 5) is 13.4. The molecule has 2 aromatic carbocycles. The highest BCUT2D eigenvalue weighted by atomic mass is 35.5. The van der Waals surface area contributed by atoms with Crippen molar-refractivity contribution < 1.29 is 22.7 Å². The molecule has 31 heavy (non-hydrogen) atoms. The number of halogens is 3. The van der Waals surface area contributed by atoms with Crippen LogP contribution in [-0.4, -0.2) is 32.4 Å². The molecule has 3 rings (SSSR count). The first-order chi connectivity index (χ1) is 14.5. The van der Waals surface area contributed by atoms with E-state index in [1.165, 1.54) is 32.4 Å². The summed E-state index contributed by atoms with van der Waals surface area (Å²) in [5, 5.41) is -0.416. The van der Waals surface area contributed by atoms with Crippen molar-refractivity contribution >= 4 is 50.6 Å². The molecule has 0 bridgehead atoms. The maximum atomic E-state index is 13.4. The minimum atomic E-state index is -4.15. The number of hydrogen-bond donors (Lipinski definition) is 0. The number of rotatable bonds is 6. The Morgan fingerprint density at radius 2 is 1.52 bits per heavy atom. The Kier molecular flexibility index (Phi) is 6.62. The number of carbonyl (C=O) groups excluding carboxylic acids is 1. The van der Waals surface area contributed by atoms with Gasteiger partial charge in [0.15, 0.2) is 5.75 Å². The van der Waals surface area contributed by atoms with E-state index in [1.54, 1.807) is 25.1 Å². The lowest BCUT2D eigenvalue weighted by atomic mass is 10.0. The van der Waals surface area contributed by atoms with Gasteiger partial charge in [-0.25, -0.2) is 12.4 Å². The Morgan fingerprint density at radius 3 is 2.06 bits per heavy atom. The van der Waals surface area contributed by atoms with Gasteiger partial charge in [0.1, 0.15) is 21.6 Å². The first-order valence-corrected chi connectivity index (χ1v) is 11.5. The topological polar surface area (TPSA) is 74.6 Å². The molecule has 3 aromatic rings. The van der Waals surface area contributed by atoms with Gasteiger partial charge < -0.3 is 9.47 Å². The van der Waals surface area contributed by atoms with E-state index >= 15 is 0 Å². The first kappa shape index (κ1) is 23.5. The summed E-state index contributed by atoms with van der Waals surface area (Å²) < 4.78 is 37.7. The zero-order valence-electron chi connectivity index (χ0n) is 17.0. The molecule has 10 heteroatoms. The normalized spacial score (nSPS) is 11.5. The van der Waals surface area contributed by atoms with Crippen molar-refractivity contribution in [3.8, 4) is 11.5 Å². The van der Waals surface area contributed by atoms with Gasteiger partial charge in [-0.15, -0.1) is 0 Å². The lowest BCUT2D eigenvalue weighted by molar-refractivity contribution is 0.103. The number of ether oxygens (including phenoxy) is 2. The van der Waals surface area contributed by atoms with E-state index in [1.807, 2.05) is 6.92 Å². The third-order valence-electron chi connectivity index (χ3n) is 4.67. The van der Waals surface area contributed by atoms with Crippen molar-refractivity contribution in [2.45, 2.75) is 18.7 Å². The largest absolute Gasteiger partial charge is 0.496 e. The van der Waals surface area contributed by atoms with Crippen molar-refractivity contribution in [1.29, 1.82) is 0 Å². The second kappa shape index (κ2) is 8.74. The predicted octanol–water partition coefficient (Wildman–Crippen LogP) is 5.55. The van der Waals surface area contributed by atoms with Gasteiger partial charge in [0, 0.05) is 0 Å². The minimum Gasteiger partial charge on any atom is -0.496 e. The zero-order valence-corrected chi connectivity index (χ0v) is 20.1. The standard InChI is InChI=1S/C21H18Cl3NO5S/c1-11-5-7-13(8-6-11)31(27,28)25-16(23)10-14(21(25)24)18(26)17-19(29-3)12(2)9-15(22)20(17)30-4/h5-10H,1-4H3. The van der Waals surface area contributed by atoms with Gasteiger partial charge in [-0.3, -0.25) is 4.79 Å². The van der Waals surface area contributed by atoms with Crippen LogP contribution in [0.5, 0.6) is 11.5 Å². The number of benzene rings is 2. The number of methoxy groups -OCH3 is 2. The highest BCUT2D eigenvalue weighted by Crippen LogP contribution is 2.41. The van der Waals surface area contributed by atoms with Gasteiger partial charge in [-0.2, -0.15) is 0 Å². The predicted molar refractivity (Wildman–Crippen MR) is 121 cm³/mol. The van der Waals surface area contributed by atoms with Crippen LogP contribution in [0.2, 0.25) is 15.3 Å². The molecule has 1 heterocycles. The van der Waals surface area contributed by atoms with Crippen LogP contribution >= 0.6 is 34.8 Å². The van der Waals surface area contributed by atoms with E-state index < -0.39 is 15.8 Å². The van der Waals surface area contributed by atoms with Gasteiger partial charge in [0.05, 0.1) is 29.7 Å². The maximum Gasteiger partial charge on any atom is 0.270 e. The van der Waals surface area contributed by atoms with Crippen LogP contribution in [0.4, 0.5) is 0 Å². The average Bonchev–Trinajstić information content (AvgIpc) is 3.02. The molecule has 0 saturated heterocycles. The van der Waals surface area contributed by atoms with Crippen LogP contribution in [0.3, 0.4) is 0 Å². The van der Waals surface area contributed by atoms with Crippen molar-refractivity contribution in [3.63, 3.8) is 0 Å². The van der Waals surface area contributed by atoms with Crippen LogP contribution < -0.4 is 9.47 Å². The second-order valence-corrected chi connectivity index (χ2v) is 9.64. The van der Waals surface area contributed by atoms with Gasteiger partial charge in [0.25, 0.3) is 10.0 Å². The maximum absolute atomic E-state index is 13.4. The molecule has 164 valence electrons. The summed E-state index contributed by atoms with van der Waals surface area (Å²) >= 11 is 18.8. The molecule has 0 aliphatic rings. The molecular formula is C21H18Cl3NO5S. The van der Waals surface area contributed by atoms with E-state index in [4.69, 9.17) is 44.3 Å². The molecule has 0 unspecified atom stereocenters. The van der Waals surface area contributed by atoms with E-state index in [-0.39, 0.29) is 42.9 Å². The van der Waals surface area contributed by atoms with Gasteiger partial charge in [-0.1, -0.05) is 52.5 Å². The molecule has 0 atom stereocenters. The number of hydrogen-bond acceptors (Lipinski definition) is 5. The molecule has 0 amide bonds. The Bertz CT molecular complexity index is 1250. The van der Waals surface area contributed by atoms with Crippen LogP contribution in [0.25, 0.3) is 0 Å². The number of aromatic nitrogens is 1. The first-order valence-electron chi connectivity index (χ1n) is 8.89. The highest BCUT2D eigenvalue weighted by molar-refractivity contribution is 7.90. The number of aryl methyl sites for hydroxylation is 2. The Morgan fingerprint density at radius 1 is 0.935 bits per heavy atom. The Hall–Kier alpha value is -2.19. The summed E-state index contributed by atoms with van der Waals surface area (Å²) in [6, 6.07) is 8.95. The Labute approximate surface area is 195 Å². The van der Waals surface area contributed by atoms with Crippen molar-refractivity contribution in [3.05, 3.63) is 74.0 Å². The van der Waals surface area contributed by atoms with Crippen LogP contribution in [0.1, 0.15) is 27.0 Å². The zero-order chi connectivity index (χ0) is 23.1. The van der Waals surface area contributed by atoms with Crippen LogP contribution in [-0.2, 0) is 10.0 Å². The third kappa shape index (κ3) is 4.03. The number of carbonyl (C=O) groups is 1. The second-order valence-electron chi connectivity index (χ2n) is 6.70. The van der Waals surface area contributed by atoms with Crippen molar-refractivity contribution in [1.82, 2.24) is 3.97 Å². The van der Waals surface area contributed by atoms with Crippen LogP contribution in [0, 0.1) is 13.8 Å². The average molecular weight is 503 g/mol. The lowest BCUT2D eigenvalue weighted by Gasteiger charge is -2.16. The molecular weight excluding hydrogens is 485 g/mol. The fraction of sp³-hybridized carbons (Fsp3) is 0.190. The summed E-state index contributed by atoms with van der Waals surface area (Å²) in [6.45, 7) is 3.54. The number of nitrogens with zero attached hydrogens (tertiary/aromatic N) is 1. The molecule has 1 aromatic heterocycles. The summed E-state index contributed by atoms with van der Waals surface area (Å²) in [6.07, 6.45) is 0. The minimum absolute atomic E-state index is 0.0125. The van der Waals surface area contributed by atoms with Gasteiger partial charge in [0.2, 0.25) is 5.78 Å². The molecule has 0 aliphatic heterocycles. The molecule has 0 spiro atoms. The summed E-state index contributed by atoms with van der Waals surface area (Å²) in [7, 11) is -1.40. The third-order valence-corrected chi connectivity index (χ3v) is 7.53. The Balaban J connectivity index is 2.22. The smallest absolute Gasteiger partial charge is 0.270 e. The molecule has 0 radical (unpaired) electrons. The van der Waals surface area contributed by atoms with Crippen molar-refractivity contribution in [2.75, 3.05) is 14.2 Å². The highest BCUT2D eigenvalue weighted by Gasteiger charge is 2.31. The molecule has 0 saturated carbocycles. The lowest BCUT2D eigenvalue weighted by Crippen LogP contribution is -2.14. The molecule has 0 aliphatic carbocycles. The van der Waals surface area contributed by atoms with E-state index in [2.05, 4.69) is 0 Å². The quantitative estimate of drug-likeness (QED) is 0.413. The SMILES string of the molecule is COc1c(C)cc(Cl)c(OC)c1C(=O)c1cc(Cl)n(S(=O)(=O)c2ccc(C)cc2)c1Cl. The monoisotopic (exact) mass is 501 g/mol. The van der Waals surface area contributed by atoms with Crippen LogP contribution in [0.15, 0.2) is 41.3 Å². The summed E-state index contributed by atoms with van der Waals surface area (Å²) in [5.74, 6) is -0.341. The van der Waals surface area contributed by atoms with Gasteiger partial charge in [-0.05, 0) is 43.7 Å². The summed E-state index contributed by atoms with van der Waals surface area (Å²) in [5.41, 5.74) is 1.35. The number of ketones is 1. The fourth-order valence-electron chi connectivity index (χ4n) is 3.18. The molecule has 0 fully saturated rings. The van der Waals surface area contributed by atoms with E-state index in [0.29, 0.717) is 9.54 Å².